The minimum Gasteiger partial charge on any atom is -0.383 e. The van der Waals surface area contributed by atoms with E-state index in [-0.39, 0.29) is 5.82 Å². The zero-order valence-corrected chi connectivity index (χ0v) is 9.25. The van der Waals surface area contributed by atoms with Gasteiger partial charge in [0, 0.05) is 11.6 Å². The zero-order valence-electron chi connectivity index (χ0n) is 9.25. The van der Waals surface area contributed by atoms with Gasteiger partial charge < -0.3 is 10.7 Å². The van der Waals surface area contributed by atoms with E-state index in [0.29, 0.717) is 18.2 Å². The summed E-state index contributed by atoms with van der Waals surface area (Å²) < 4.78 is 51.5. The van der Waals surface area contributed by atoms with Crippen molar-refractivity contribution >= 4 is 5.82 Å². The van der Waals surface area contributed by atoms with Crippen molar-refractivity contribution in [3.05, 3.63) is 46.0 Å². The lowest BCUT2D eigenvalue weighted by atomic mass is 10.1. The second-order valence-corrected chi connectivity index (χ2v) is 3.71. The highest BCUT2D eigenvalue weighted by Gasteiger charge is 2.34. The largest absolute Gasteiger partial charge is 0.417 e. The summed E-state index contributed by atoms with van der Waals surface area (Å²) in [4.78, 5) is 16.8. The lowest BCUT2D eigenvalue weighted by molar-refractivity contribution is -0.137. The van der Waals surface area contributed by atoms with Crippen LogP contribution >= 0.6 is 0 Å². The molecular weight excluding hydrogens is 266 g/mol. The molecule has 0 radical (unpaired) electrons. The summed E-state index contributed by atoms with van der Waals surface area (Å²) in [5.41, 5.74) is 2.88. The smallest absolute Gasteiger partial charge is 0.383 e. The van der Waals surface area contributed by atoms with E-state index in [4.69, 9.17) is 5.73 Å². The number of hydrogen-bond acceptors (Lipinski definition) is 3. The van der Waals surface area contributed by atoms with Crippen molar-refractivity contribution in [1.29, 1.82) is 0 Å². The van der Waals surface area contributed by atoms with Gasteiger partial charge in [0.25, 0.3) is 5.56 Å². The van der Waals surface area contributed by atoms with Gasteiger partial charge in [-0.25, -0.2) is 9.37 Å². The Kier molecular flexibility index (Phi) is 3.01. The minimum atomic E-state index is -4.70. The highest BCUT2D eigenvalue weighted by atomic mass is 19.4. The summed E-state index contributed by atoms with van der Waals surface area (Å²) in [5, 5.41) is 0. The number of nitrogens with two attached hydrogens (primary N) is 1. The number of nitrogen functional groups attached to an aromatic ring is 1. The van der Waals surface area contributed by atoms with Crippen molar-refractivity contribution in [2.45, 2.75) is 6.18 Å². The quantitative estimate of drug-likeness (QED) is 0.782. The van der Waals surface area contributed by atoms with Crippen LogP contribution in [0, 0.1) is 5.82 Å². The molecule has 0 fully saturated rings. The first-order chi connectivity index (χ1) is 8.77. The van der Waals surface area contributed by atoms with Gasteiger partial charge in [-0.15, -0.1) is 0 Å². The Morgan fingerprint density at radius 3 is 2.47 bits per heavy atom. The van der Waals surface area contributed by atoms with Crippen LogP contribution in [0.4, 0.5) is 23.4 Å². The van der Waals surface area contributed by atoms with Crippen molar-refractivity contribution in [1.82, 2.24) is 9.97 Å². The molecule has 2 aromatic rings. The maximum atomic E-state index is 13.1. The predicted octanol–water partition coefficient (Wildman–Crippen LogP) is 2.18. The molecule has 0 amide bonds. The summed E-state index contributed by atoms with van der Waals surface area (Å²) in [6, 6.07) is 2.81. The van der Waals surface area contributed by atoms with Crippen molar-refractivity contribution in [3.8, 4) is 11.4 Å². The Hall–Kier alpha value is -2.38. The molecule has 0 atom stereocenters. The van der Waals surface area contributed by atoms with Gasteiger partial charge >= 0.3 is 6.18 Å². The fourth-order valence-corrected chi connectivity index (χ4v) is 1.56. The van der Waals surface area contributed by atoms with Crippen molar-refractivity contribution in [2.24, 2.45) is 0 Å². The van der Waals surface area contributed by atoms with Gasteiger partial charge in [-0.2, -0.15) is 13.2 Å². The molecule has 0 saturated carbocycles. The van der Waals surface area contributed by atoms with Crippen LogP contribution in [0.5, 0.6) is 0 Å². The van der Waals surface area contributed by atoms with Crippen LogP contribution in [0.15, 0.2) is 29.1 Å². The summed E-state index contributed by atoms with van der Waals surface area (Å²) in [6.07, 6.45) is -4.70. The molecule has 4 nitrogen and oxygen atoms in total. The fraction of sp³-hybridized carbons (Fsp3) is 0.0909. The Bertz CT molecular complexity index is 678. The molecule has 0 unspecified atom stereocenters. The molecule has 1 aromatic heterocycles. The first-order valence-electron chi connectivity index (χ1n) is 5.01. The van der Waals surface area contributed by atoms with Crippen LogP contribution in [0.25, 0.3) is 11.4 Å². The van der Waals surface area contributed by atoms with Crippen LogP contribution in [-0.2, 0) is 6.18 Å². The van der Waals surface area contributed by atoms with Crippen LogP contribution in [0.1, 0.15) is 5.56 Å². The monoisotopic (exact) mass is 273 g/mol. The number of H-pyrrole nitrogens is 1. The van der Waals surface area contributed by atoms with Gasteiger partial charge in [-0.1, -0.05) is 0 Å². The second-order valence-electron chi connectivity index (χ2n) is 3.71. The standard InChI is InChI=1S/C11H7F4N3O/c12-5-1-2-7(11(13,14)15)6(3-5)10-17-8(16)4-9(19)18-10/h1-4H,(H3,16,17,18,19). The van der Waals surface area contributed by atoms with E-state index in [1.807, 2.05) is 0 Å². The molecule has 0 aliphatic carbocycles. The minimum absolute atomic E-state index is 0.254. The summed E-state index contributed by atoms with van der Waals surface area (Å²) in [5.74, 6) is -1.57. The number of alkyl halides is 3. The highest BCUT2D eigenvalue weighted by molar-refractivity contribution is 5.62. The van der Waals surface area contributed by atoms with Gasteiger partial charge in [0.1, 0.15) is 17.5 Å². The Morgan fingerprint density at radius 2 is 1.89 bits per heavy atom. The van der Waals surface area contributed by atoms with E-state index < -0.39 is 34.5 Å². The van der Waals surface area contributed by atoms with Crippen molar-refractivity contribution in [2.75, 3.05) is 5.73 Å². The molecular formula is C11H7F4N3O. The molecule has 0 spiro atoms. The molecule has 0 aliphatic heterocycles. The summed E-state index contributed by atoms with van der Waals surface area (Å²) >= 11 is 0. The molecule has 0 aliphatic rings. The third kappa shape index (κ3) is 2.72. The average molecular weight is 273 g/mol. The van der Waals surface area contributed by atoms with Gasteiger partial charge in [-0.05, 0) is 18.2 Å². The predicted molar refractivity (Wildman–Crippen MR) is 59.7 cm³/mol. The lowest BCUT2D eigenvalue weighted by Crippen LogP contribution is -2.13. The lowest BCUT2D eigenvalue weighted by Gasteiger charge is -2.12. The van der Waals surface area contributed by atoms with E-state index in [0.717, 1.165) is 6.07 Å². The zero-order chi connectivity index (χ0) is 14.2. The number of aromatic nitrogens is 2. The summed E-state index contributed by atoms with van der Waals surface area (Å²) in [6.45, 7) is 0. The average Bonchev–Trinajstić information content (AvgIpc) is 2.25. The molecule has 100 valence electrons. The van der Waals surface area contributed by atoms with Crippen molar-refractivity contribution < 1.29 is 17.6 Å². The van der Waals surface area contributed by atoms with Crippen LogP contribution in [-0.4, -0.2) is 9.97 Å². The Morgan fingerprint density at radius 1 is 1.21 bits per heavy atom. The van der Waals surface area contributed by atoms with E-state index in [2.05, 4.69) is 9.97 Å². The SMILES string of the molecule is Nc1cc(=O)[nH]c(-c2cc(F)ccc2C(F)(F)F)n1. The number of hydrogen-bond donors (Lipinski definition) is 2. The maximum Gasteiger partial charge on any atom is 0.417 e. The first kappa shape index (κ1) is 13.1. The molecule has 0 bridgehead atoms. The van der Waals surface area contributed by atoms with Crippen molar-refractivity contribution in [3.63, 3.8) is 0 Å². The summed E-state index contributed by atoms with van der Waals surface area (Å²) in [7, 11) is 0. The van der Waals surface area contributed by atoms with Gasteiger partial charge in [0.15, 0.2) is 0 Å². The van der Waals surface area contributed by atoms with E-state index in [1.54, 1.807) is 0 Å². The fourth-order valence-electron chi connectivity index (χ4n) is 1.56. The third-order valence-corrected chi connectivity index (χ3v) is 2.30. The molecule has 8 heteroatoms. The molecule has 19 heavy (non-hydrogen) atoms. The maximum absolute atomic E-state index is 13.1. The number of benzene rings is 1. The number of anilines is 1. The van der Waals surface area contributed by atoms with Crippen LogP contribution in [0.3, 0.4) is 0 Å². The topological polar surface area (TPSA) is 71.8 Å². The van der Waals surface area contributed by atoms with E-state index >= 15 is 0 Å². The molecule has 0 saturated heterocycles. The number of nitrogens with one attached hydrogen (secondary N) is 1. The van der Waals surface area contributed by atoms with Gasteiger partial charge in [0.05, 0.1) is 5.56 Å². The first-order valence-corrected chi connectivity index (χ1v) is 5.01. The number of halogens is 4. The number of rotatable bonds is 1. The number of nitrogens with zero attached hydrogens (tertiary/aromatic N) is 1. The molecule has 1 heterocycles. The van der Waals surface area contributed by atoms with Gasteiger partial charge in [0.2, 0.25) is 0 Å². The Balaban J connectivity index is 2.73. The van der Waals surface area contributed by atoms with Crippen LogP contribution < -0.4 is 11.3 Å². The number of aromatic amines is 1. The molecule has 2 rings (SSSR count). The Labute approximate surface area is 103 Å². The normalized spacial score (nSPS) is 11.6. The van der Waals surface area contributed by atoms with E-state index in [1.165, 1.54) is 0 Å². The third-order valence-electron chi connectivity index (χ3n) is 2.30. The van der Waals surface area contributed by atoms with Gasteiger partial charge in [-0.3, -0.25) is 4.79 Å². The van der Waals surface area contributed by atoms with E-state index in [9.17, 15) is 22.4 Å². The molecule has 1 aromatic carbocycles. The molecule has 3 N–H and O–H groups in total. The van der Waals surface area contributed by atoms with Crippen LogP contribution in [0.2, 0.25) is 0 Å². The highest BCUT2D eigenvalue weighted by Crippen LogP contribution is 2.36. The second kappa shape index (κ2) is 4.38.